The number of carbonyl (C=O) groups is 2. The van der Waals surface area contributed by atoms with Gasteiger partial charge in [0.2, 0.25) is 0 Å². The van der Waals surface area contributed by atoms with Crippen LogP contribution in [0.5, 0.6) is 11.5 Å². The number of urea groups is 1. The van der Waals surface area contributed by atoms with E-state index in [1.165, 1.54) is 0 Å². The van der Waals surface area contributed by atoms with E-state index in [9.17, 15) is 9.59 Å². The summed E-state index contributed by atoms with van der Waals surface area (Å²) in [7, 11) is 3.15. The molecular formula is C26H31N5O5. The van der Waals surface area contributed by atoms with Gasteiger partial charge in [0.15, 0.2) is 0 Å². The molecule has 2 aliphatic rings. The van der Waals surface area contributed by atoms with Crippen molar-refractivity contribution in [2.75, 3.05) is 58.9 Å². The zero-order valence-corrected chi connectivity index (χ0v) is 20.6. The van der Waals surface area contributed by atoms with E-state index in [1.54, 1.807) is 43.1 Å². The lowest BCUT2D eigenvalue weighted by atomic mass is 9.89. The van der Waals surface area contributed by atoms with E-state index in [0.29, 0.717) is 68.1 Å². The van der Waals surface area contributed by atoms with Gasteiger partial charge in [0, 0.05) is 38.4 Å². The van der Waals surface area contributed by atoms with E-state index in [1.807, 2.05) is 16.0 Å². The van der Waals surface area contributed by atoms with Gasteiger partial charge in [0.25, 0.3) is 5.91 Å². The van der Waals surface area contributed by atoms with Crippen LogP contribution in [0.15, 0.2) is 42.7 Å². The van der Waals surface area contributed by atoms with Gasteiger partial charge in [-0.25, -0.2) is 9.31 Å². The number of rotatable bonds is 5. The maximum Gasteiger partial charge on any atom is 0.321 e. The van der Waals surface area contributed by atoms with Crippen LogP contribution in [0.3, 0.4) is 0 Å². The van der Waals surface area contributed by atoms with Crippen molar-refractivity contribution in [2.24, 2.45) is 0 Å². The molecule has 190 valence electrons. The van der Waals surface area contributed by atoms with Crippen LogP contribution < -0.4 is 14.8 Å². The summed E-state index contributed by atoms with van der Waals surface area (Å²) in [5.41, 5.74) is 3.17. The van der Waals surface area contributed by atoms with E-state index in [2.05, 4.69) is 22.5 Å². The smallest absolute Gasteiger partial charge is 0.321 e. The van der Waals surface area contributed by atoms with Crippen molar-refractivity contribution < 1.29 is 23.8 Å². The minimum Gasteiger partial charge on any atom is -0.497 e. The van der Waals surface area contributed by atoms with Gasteiger partial charge in [-0.3, -0.25) is 4.79 Å². The molecule has 0 bridgehead atoms. The summed E-state index contributed by atoms with van der Waals surface area (Å²) < 4.78 is 17.8. The lowest BCUT2D eigenvalue weighted by molar-refractivity contribution is 0.0304. The zero-order valence-electron chi connectivity index (χ0n) is 20.6. The number of fused-ring (bicyclic) bond motifs is 1. The molecule has 0 aliphatic carbocycles. The highest BCUT2D eigenvalue weighted by Gasteiger charge is 2.26. The van der Waals surface area contributed by atoms with Crippen molar-refractivity contribution in [3.63, 3.8) is 0 Å². The summed E-state index contributed by atoms with van der Waals surface area (Å²) in [6, 6.07) is 9.28. The number of nitrogens with one attached hydrogen (secondary N) is 1. The molecule has 3 amide bonds. The Bertz CT molecular complexity index is 1240. The van der Waals surface area contributed by atoms with Crippen molar-refractivity contribution in [1.29, 1.82) is 0 Å². The summed E-state index contributed by atoms with van der Waals surface area (Å²) >= 11 is 0. The number of likely N-dealkylation sites (tertiary alicyclic amines) is 1. The second kappa shape index (κ2) is 10.4. The van der Waals surface area contributed by atoms with Crippen LogP contribution in [0.1, 0.15) is 34.7 Å². The van der Waals surface area contributed by atoms with Crippen molar-refractivity contribution in [3.05, 3.63) is 53.9 Å². The molecule has 1 N–H and O–H groups in total. The van der Waals surface area contributed by atoms with Crippen LogP contribution in [-0.2, 0) is 4.74 Å². The average Bonchev–Trinajstić information content (AvgIpc) is 3.36. The number of morpholine rings is 1. The summed E-state index contributed by atoms with van der Waals surface area (Å²) in [4.78, 5) is 29.7. The highest BCUT2D eigenvalue weighted by molar-refractivity contribution is 6.00. The van der Waals surface area contributed by atoms with Crippen molar-refractivity contribution in [3.8, 4) is 11.5 Å². The molecule has 10 heteroatoms. The first-order valence-corrected chi connectivity index (χ1v) is 12.2. The molecule has 3 aromatic rings. The highest BCUT2D eigenvalue weighted by atomic mass is 16.5. The summed E-state index contributed by atoms with van der Waals surface area (Å²) in [5.74, 6) is 1.51. The molecule has 2 aliphatic heterocycles. The molecule has 1 aromatic carbocycles. The lowest BCUT2D eigenvalue weighted by Gasteiger charge is -2.32. The molecule has 4 heterocycles. The average molecular weight is 494 g/mol. The number of nitrogens with zero attached hydrogens (tertiary/aromatic N) is 4. The van der Waals surface area contributed by atoms with Crippen molar-refractivity contribution in [1.82, 2.24) is 19.4 Å². The molecule has 2 aromatic heterocycles. The first-order chi connectivity index (χ1) is 17.6. The Kier molecular flexibility index (Phi) is 6.95. The van der Waals surface area contributed by atoms with E-state index in [-0.39, 0.29) is 11.9 Å². The fourth-order valence-corrected chi connectivity index (χ4v) is 4.87. The number of ether oxygens (including phenoxy) is 3. The van der Waals surface area contributed by atoms with E-state index in [0.717, 1.165) is 23.9 Å². The van der Waals surface area contributed by atoms with E-state index >= 15 is 0 Å². The normalized spacial score (nSPS) is 16.7. The monoisotopic (exact) mass is 493 g/mol. The summed E-state index contributed by atoms with van der Waals surface area (Å²) in [5, 5.41) is 7.33. The Morgan fingerprint density at radius 3 is 2.50 bits per heavy atom. The van der Waals surface area contributed by atoms with Gasteiger partial charge >= 0.3 is 6.03 Å². The second-order valence-electron chi connectivity index (χ2n) is 9.01. The predicted molar refractivity (Wildman–Crippen MR) is 134 cm³/mol. The Hall–Kier alpha value is -3.79. The minimum absolute atomic E-state index is 0.00934. The van der Waals surface area contributed by atoms with E-state index < -0.39 is 0 Å². The molecular weight excluding hydrogens is 462 g/mol. The summed E-state index contributed by atoms with van der Waals surface area (Å²) in [6.45, 7) is 3.58. The maximum atomic E-state index is 13.1. The largest absolute Gasteiger partial charge is 0.497 e. The van der Waals surface area contributed by atoms with Crippen LogP contribution in [0, 0.1) is 0 Å². The van der Waals surface area contributed by atoms with Crippen LogP contribution in [-0.4, -0.2) is 85.0 Å². The van der Waals surface area contributed by atoms with Crippen LogP contribution >= 0.6 is 0 Å². The number of anilines is 1. The number of amides is 3. The highest BCUT2D eigenvalue weighted by Crippen LogP contribution is 2.32. The quantitative estimate of drug-likeness (QED) is 0.586. The Morgan fingerprint density at radius 2 is 1.78 bits per heavy atom. The number of methoxy groups -OCH3 is 2. The number of hydrogen-bond donors (Lipinski definition) is 1. The molecule has 0 spiro atoms. The number of piperidine rings is 1. The van der Waals surface area contributed by atoms with Gasteiger partial charge in [0.1, 0.15) is 11.5 Å². The Morgan fingerprint density at radius 1 is 1.00 bits per heavy atom. The second-order valence-corrected chi connectivity index (χ2v) is 9.01. The maximum absolute atomic E-state index is 13.1. The van der Waals surface area contributed by atoms with Gasteiger partial charge in [-0.15, -0.1) is 0 Å². The third-order valence-corrected chi connectivity index (χ3v) is 6.98. The van der Waals surface area contributed by atoms with Gasteiger partial charge in [-0.2, -0.15) is 5.10 Å². The standard InChI is InChI=1S/C26H31N5O5/c1-34-20-3-4-24(35-2)22(16-20)28-26(33)30-8-5-18(6-9-30)19-7-10-31-23(15-19)21(17-27-31)25(32)29-11-13-36-14-12-29/h3-4,7,10,15-18H,5-6,8-9,11-14H2,1-2H3,(H,28,33). The van der Waals surface area contributed by atoms with E-state index in [4.69, 9.17) is 14.2 Å². The molecule has 5 rings (SSSR count). The SMILES string of the molecule is COc1ccc(OC)c(NC(=O)N2CCC(c3ccn4ncc(C(=O)N5CCOCC5)c4c3)CC2)c1. The van der Waals surface area contributed by atoms with Gasteiger partial charge in [-0.1, -0.05) is 0 Å². The van der Waals surface area contributed by atoms with Crippen molar-refractivity contribution in [2.45, 2.75) is 18.8 Å². The molecule has 2 fully saturated rings. The predicted octanol–water partition coefficient (Wildman–Crippen LogP) is 3.24. The molecule has 0 unspecified atom stereocenters. The Labute approximate surface area is 209 Å². The third kappa shape index (κ3) is 4.81. The number of hydrogen-bond acceptors (Lipinski definition) is 6. The van der Waals surface area contributed by atoms with Crippen LogP contribution in [0.25, 0.3) is 5.52 Å². The molecule has 0 atom stereocenters. The lowest BCUT2D eigenvalue weighted by Crippen LogP contribution is -2.40. The molecule has 0 radical (unpaired) electrons. The zero-order chi connectivity index (χ0) is 25.1. The number of aromatic nitrogens is 2. The first kappa shape index (κ1) is 23.9. The minimum atomic E-state index is -0.162. The van der Waals surface area contributed by atoms with Gasteiger partial charge in [-0.05, 0) is 48.6 Å². The molecule has 10 nitrogen and oxygen atoms in total. The van der Waals surface area contributed by atoms with Gasteiger partial charge < -0.3 is 29.3 Å². The first-order valence-electron chi connectivity index (χ1n) is 12.2. The topological polar surface area (TPSA) is 97.6 Å². The van der Waals surface area contributed by atoms with Crippen molar-refractivity contribution >= 4 is 23.1 Å². The fourth-order valence-electron chi connectivity index (χ4n) is 4.87. The summed E-state index contributed by atoms with van der Waals surface area (Å²) in [6.07, 6.45) is 5.23. The molecule has 36 heavy (non-hydrogen) atoms. The molecule has 2 saturated heterocycles. The van der Waals surface area contributed by atoms with Crippen LogP contribution in [0.4, 0.5) is 10.5 Å². The van der Waals surface area contributed by atoms with Gasteiger partial charge in [0.05, 0.1) is 50.4 Å². The number of benzene rings is 1. The van der Waals surface area contributed by atoms with Crippen LogP contribution in [0.2, 0.25) is 0 Å². The fraction of sp³-hybridized carbons (Fsp3) is 0.423. The molecule has 0 saturated carbocycles. The number of pyridine rings is 1. The number of carbonyl (C=O) groups excluding carboxylic acids is 2. The Balaban J connectivity index is 1.25. The third-order valence-electron chi connectivity index (χ3n) is 6.98.